The Balaban J connectivity index is 0.00000338. The van der Waals surface area contributed by atoms with Crippen LogP contribution >= 0.6 is 24.8 Å². The van der Waals surface area contributed by atoms with Gasteiger partial charge in [-0.05, 0) is 54.5 Å². The highest BCUT2D eigenvalue weighted by atomic mass is 35.5. The number of nitrogens with zero attached hydrogens (tertiary/aromatic N) is 1. The van der Waals surface area contributed by atoms with Crippen molar-refractivity contribution in [3.63, 3.8) is 0 Å². The number of carbonyl (C=O) groups is 1. The molecule has 0 spiro atoms. The fraction of sp³-hybridized carbons (Fsp3) is 0.500. The van der Waals surface area contributed by atoms with E-state index in [0.717, 1.165) is 47.8 Å². The molecule has 1 heterocycles. The van der Waals surface area contributed by atoms with Crippen LogP contribution in [0.1, 0.15) is 50.4 Å². The van der Waals surface area contributed by atoms with Crippen LogP contribution in [0.4, 0.5) is 0 Å². The van der Waals surface area contributed by atoms with Crippen LogP contribution in [0.3, 0.4) is 0 Å². The molecule has 5 nitrogen and oxygen atoms in total. The van der Waals surface area contributed by atoms with E-state index < -0.39 is 5.91 Å². The molecule has 0 atom stereocenters. The largest absolute Gasteiger partial charge is 0.484 e. The summed E-state index contributed by atoms with van der Waals surface area (Å²) < 4.78 is 5.47. The molecule has 1 aromatic carbocycles. The van der Waals surface area contributed by atoms with E-state index in [4.69, 9.17) is 21.2 Å². The lowest BCUT2D eigenvalue weighted by Crippen LogP contribution is -2.20. The minimum Gasteiger partial charge on any atom is -0.484 e. The lowest BCUT2D eigenvalue weighted by molar-refractivity contribution is -0.119. The van der Waals surface area contributed by atoms with E-state index >= 15 is 0 Å². The summed E-state index contributed by atoms with van der Waals surface area (Å²) in [7, 11) is 0. The number of pyridine rings is 1. The molecule has 0 bridgehead atoms. The Hall–Kier alpha value is -1.56. The SMILES string of the molecule is CCCCc1c(CN)c(CC(C)C)nc2ccc(OCC(N)=O)cc12.Cl.Cl. The molecule has 0 aliphatic rings. The first-order valence-electron chi connectivity index (χ1n) is 9.01. The summed E-state index contributed by atoms with van der Waals surface area (Å²) in [5, 5.41) is 1.06. The lowest BCUT2D eigenvalue weighted by Gasteiger charge is -2.18. The summed E-state index contributed by atoms with van der Waals surface area (Å²) >= 11 is 0. The molecule has 152 valence electrons. The molecule has 0 saturated carbocycles. The van der Waals surface area contributed by atoms with Crippen molar-refractivity contribution in [1.29, 1.82) is 0 Å². The normalized spacial score (nSPS) is 10.4. The maximum atomic E-state index is 11.0. The number of halogens is 2. The summed E-state index contributed by atoms with van der Waals surface area (Å²) in [6.07, 6.45) is 4.10. The minimum absolute atomic E-state index is 0. The van der Waals surface area contributed by atoms with E-state index in [9.17, 15) is 4.79 Å². The van der Waals surface area contributed by atoms with Gasteiger partial charge in [0.1, 0.15) is 5.75 Å². The molecule has 7 heteroatoms. The van der Waals surface area contributed by atoms with E-state index in [2.05, 4.69) is 20.8 Å². The Bertz CT molecular complexity index is 752. The maximum absolute atomic E-state index is 11.0. The third-order valence-corrected chi connectivity index (χ3v) is 4.23. The lowest BCUT2D eigenvalue weighted by atomic mass is 9.93. The number of benzene rings is 1. The molecule has 2 rings (SSSR count). The summed E-state index contributed by atoms with van der Waals surface area (Å²) in [4.78, 5) is 15.8. The van der Waals surface area contributed by atoms with Gasteiger partial charge in [-0.2, -0.15) is 0 Å². The first-order chi connectivity index (χ1) is 12.0. The molecule has 1 aromatic heterocycles. The van der Waals surface area contributed by atoms with Crippen molar-refractivity contribution in [3.8, 4) is 5.75 Å². The van der Waals surface area contributed by atoms with Gasteiger partial charge in [0.05, 0.1) is 5.52 Å². The number of rotatable bonds is 9. The van der Waals surface area contributed by atoms with Gasteiger partial charge in [-0.3, -0.25) is 9.78 Å². The average molecular weight is 416 g/mol. The fourth-order valence-corrected chi connectivity index (χ4v) is 3.08. The zero-order valence-corrected chi connectivity index (χ0v) is 17.9. The Morgan fingerprint density at radius 3 is 2.48 bits per heavy atom. The van der Waals surface area contributed by atoms with Gasteiger partial charge < -0.3 is 16.2 Å². The molecule has 27 heavy (non-hydrogen) atoms. The number of hydrogen-bond donors (Lipinski definition) is 2. The van der Waals surface area contributed by atoms with Gasteiger partial charge in [0.2, 0.25) is 0 Å². The smallest absolute Gasteiger partial charge is 0.255 e. The summed E-state index contributed by atoms with van der Waals surface area (Å²) in [5.41, 5.74) is 15.7. The number of hydrogen-bond acceptors (Lipinski definition) is 4. The van der Waals surface area contributed by atoms with E-state index in [1.807, 2.05) is 18.2 Å². The van der Waals surface area contributed by atoms with E-state index in [1.165, 1.54) is 5.56 Å². The second kappa shape index (κ2) is 12.0. The number of nitrogens with two attached hydrogens (primary N) is 2. The van der Waals surface area contributed by atoms with Crippen LogP contribution in [0.2, 0.25) is 0 Å². The van der Waals surface area contributed by atoms with Crippen LogP contribution in [0.15, 0.2) is 18.2 Å². The van der Waals surface area contributed by atoms with Gasteiger partial charge in [-0.25, -0.2) is 0 Å². The molecule has 0 unspecified atom stereocenters. The Morgan fingerprint density at radius 1 is 1.22 bits per heavy atom. The van der Waals surface area contributed by atoms with Crippen LogP contribution in [0.25, 0.3) is 10.9 Å². The first-order valence-corrected chi connectivity index (χ1v) is 9.01. The summed E-state index contributed by atoms with van der Waals surface area (Å²) in [6.45, 7) is 6.92. The zero-order valence-electron chi connectivity index (χ0n) is 16.3. The Kier molecular flexibility index (Phi) is 11.3. The van der Waals surface area contributed by atoms with E-state index in [1.54, 1.807) is 0 Å². The van der Waals surface area contributed by atoms with Gasteiger partial charge in [0.15, 0.2) is 6.61 Å². The molecule has 1 amide bonds. The van der Waals surface area contributed by atoms with Crippen LogP contribution in [-0.4, -0.2) is 17.5 Å². The van der Waals surface area contributed by atoms with Crippen molar-refractivity contribution in [3.05, 3.63) is 35.0 Å². The summed E-state index contributed by atoms with van der Waals surface area (Å²) in [6, 6.07) is 5.74. The third kappa shape index (κ3) is 6.83. The highest BCUT2D eigenvalue weighted by Crippen LogP contribution is 2.29. The molecular formula is C20H31Cl2N3O2. The molecule has 2 aromatic rings. The molecule has 0 aliphatic carbocycles. The van der Waals surface area contributed by atoms with Gasteiger partial charge in [0.25, 0.3) is 5.91 Å². The number of aryl methyl sites for hydroxylation is 1. The van der Waals surface area contributed by atoms with Crippen LogP contribution < -0.4 is 16.2 Å². The predicted molar refractivity (Wildman–Crippen MR) is 116 cm³/mol. The average Bonchev–Trinajstić information content (AvgIpc) is 2.57. The third-order valence-electron chi connectivity index (χ3n) is 4.23. The van der Waals surface area contributed by atoms with Crippen molar-refractivity contribution in [2.45, 2.75) is 53.0 Å². The predicted octanol–water partition coefficient (Wildman–Crippen LogP) is 3.94. The van der Waals surface area contributed by atoms with Gasteiger partial charge in [0, 0.05) is 17.6 Å². The standard InChI is InChI=1S/C20H29N3O2.2ClH/c1-4-5-6-15-16-10-14(25-12-20(22)24)7-8-18(16)23-19(9-13(2)3)17(15)11-21;;/h7-8,10,13H,4-6,9,11-12,21H2,1-3H3,(H2,22,24);2*1H. The maximum Gasteiger partial charge on any atom is 0.255 e. The van der Waals surface area contributed by atoms with Crippen LogP contribution in [0.5, 0.6) is 5.75 Å². The molecule has 0 saturated heterocycles. The second-order valence-corrected chi connectivity index (χ2v) is 6.86. The molecule has 0 aliphatic heterocycles. The summed E-state index contributed by atoms with van der Waals surface area (Å²) in [5.74, 6) is 0.664. The van der Waals surface area contributed by atoms with Gasteiger partial charge in [-0.15, -0.1) is 24.8 Å². The minimum atomic E-state index is -0.487. The van der Waals surface area contributed by atoms with Gasteiger partial charge in [-0.1, -0.05) is 27.2 Å². The van der Waals surface area contributed by atoms with Gasteiger partial charge >= 0.3 is 0 Å². The zero-order chi connectivity index (χ0) is 18.4. The number of amides is 1. The number of carbonyl (C=O) groups excluding carboxylic acids is 1. The number of primary amides is 1. The fourth-order valence-electron chi connectivity index (χ4n) is 3.08. The monoisotopic (exact) mass is 415 g/mol. The van der Waals surface area contributed by atoms with Crippen LogP contribution in [-0.2, 0) is 24.2 Å². The number of fused-ring (bicyclic) bond motifs is 1. The number of unbranched alkanes of at least 4 members (excludes halogenated alkanes) is 1. The molecule has 0 fully saturated rings. The number of aromatic nitrogens is 1. The van der Waals surface area contributed by atoms with Crippen molar-refractivity contribution in [1.82, 2.24) is 4.98 Å². The first kappa shape index (κ1) is 25.4. The number of ether oxygens (including phenoxy) is 1. The highest BCUT2D eigenvalue weighted by Gasteiger charge is 2.15. The molecular weight excluding hydrogens is 385 g/mol. The molecule has 0 radical (unpaired) electrons. The van der Waals surface area contributed by atoms with Crippen molar-refractivity contribution in [2.75, 3.05) is 6.61 Å². The van der Waals surface area contributed by atoms with E-state index in [-0.39, 0.29) is 31.4 Å². The Morgan fingerprint density at radius 2 is 1.93 bits per heavy atom. The molecule has 4 N–H and O–H groups in total. The topological polar surface area (TPSA) is 91.2 Å². The van der Waals surface area contributed by atoms with Crippen molar-refractivity contribution >= 4 is 41.6 Å². The van der Waals surface area contributed by atoms with Crippen molar-refractivity contribution < 1.29 is 9.53 Å². The Labute approximate surface area is 174 Å². The highest BCUT2D eigenvalue weighted by molar-refractivity contribution is 5.86. The van der Waals surface area contributed by atoms with Crippen LogP contribution in [0, 0.1) is 5.92 Å². The van der Waals surface area contributed by atoms with E-state index in [0.29, 0.717) is 18.2 Å². The second-order valence-electron chi connectivity index (χ2n) is 6.86. The quantitative estimate of drug-likeness (QED) is 0.648. The van der Waals surface area contributed by atoms with Crippen molar-refractivity contribution in [2.24, 2.45) is 17.4 Å².